The molecule has 0 saturated heterocycles. The maximum absolute atomic E-state index is 13.6. The van der Waals surface area contributed by atoms with Crippen LogP contribution in [0, 0.1) is 11.6 Å². The number of nitrogens with two attached hydrogens (primary N) is 1. The summed E-state index contributed by atoms with van der Waals surface area (Å²) in [5, 5.41) is 0. The second kappa shape index (κ2) is 6.04. The zero-order valence-electron chi connectivity index (χ0n) is 10.3. The van der Waals surface area contributed by atoms with Gasteiger partial charge in [-0.25, -0.2) is 8.78 Å². The number of ether oxygens (including phenoxy) is 1. The Balaban J connectivity index is 2.38. The highest BCUT2D eigenvalue weighted by Crippen LogP contribution is 2.34. The summed E-state index contributed by atoms with van der Waals surface area (Å²) in [5.74, 6) is -0.283. The lowest BCUT2D eigenvalue weighted by Crippen LogP contribution is -1.99. The standard InChI is InChI=1S/C14H13F2NOS/c1-18-11-4-2-9(8-17)13(7-11)19-14-6-10(15)3-5-12(14)16/h2-7H,8,17H2,1H3. The van der Waals surface area contributed by atoms with Crippen molar-refractivity contribution >= 4 is 11.8 Å². The first-order chi connectivity index (χ1) is 9.13. The van der Waals surface area contributed by atoms with E-state index >= 15 is 0 Å². The van der Waals surface area contributed by atoms with Gasteiger partial charge in [-0.1, -0.05) is 17.8 Å². The van der Waals surface area contributed by atoms with Gasteiger partial charge < -0.3 is 10.5 Å². The molecule has 2 rings (SSSR count). The Morgan fingerprint density at radius 2 is 1.89 bits per heavy atom. The maximum Gasteiger partial charge on any atom is 0.137 e. The Labute approximate surface area is 114 Å². The van der Waals surface area contributed by atoms with Gasteiger partial charge >= 0.3 is 0 Å². The lowest BCUT2D eigenvalue weighted by molar-refractivity contribution is 0.413. The van der Waals surface area contributed by atoms with E-state index in [1.807, 2.05) is 6.07 Å². The largest absolute Gasteiger partial charge is 0.497 e. The minimum atomic E-state index is -0.471. The van der Waals surface area contributed by atoms with E-state index in [-0.39, 0.29) is 4.90 Å². The van der Waals surface area contributed by atoms with E-state index in [0.717, 1.165) is 34.4 Å². The molecule has 0 amide bonds. The number of methoxy groups -OCH3 is 1. The fourth-order valence-electron chi connectivity index (χ4n) is 1.60. The molecule has 0 aliphatic rings. The van der Waals surface area contributed by atoms with Crippen LogP contribution in [0.2, 0.25) is 0 Å². The molecule has 100 valence electrons. The van der Waals surface area contributed by atoms with E-state index in [9.17, 15) is 8.78 Å². The van der Waals surface area contributed by atoms with Gasteiger partial charge in [-0.05, 0) is 35.9 Å². The normalized spacial score (nSPS) is 10.5. The van der Waals surface area contributed by atoms with Crippen molar-refractivity contribution < 1.29 is 13.5 Å². The summed E-state index contributed by atoms with van der Waals surface area (Å²) in [6.45, 7) is 0.323. The van der Waals surface area contributed by atoms with Crippen LogP contribution in [0.1, 0.15) is 5.56 Å². The lowest BCUT2D eigenvalue weighted by atomic mass is 10.2. The Morgan fingerprint density at radius 1 is 1.11 bits per heavy atom. The summed E-state index contributed by atoms with van der Waals surface area (Å²) < 4.78 is 31.9. The molecule has 19 heavy (non-hydrogen) atoms. The van der Waals surface area contributed by atoms with Crippen molar-refractivity contribution in [3.63, 3.8) is 0 Å². The van der Waals surface area contributed by atoms with Crippen molar-refractivity contribution in [1.82, 2.24) is 0 Å². The van der Waals surface area contributed by atoms with Crippen LogP contribution >= 0.6 is 11.8 Å². The third kappa shape index (κ3) is 3.24. The molecule has 0 radical (unpaired) electrons. The predicted molar refractivity (Wildman–Crippen MR) is 71.4 cm³/mol. The highest BCUT2D eigenvalue weighted by molar-refractivity contribution is 7.99. The topological polar surface area (TPSA) is 35.2 Å². The van der Waals surface area contributed by atoms with E-state index in [1.54, 1.807) is 19.2 Å². The summed E-state index contributed by atoms with van der Waals surface area (Å²) in [5.41, 5.74) is 6.50. The van der Waals surface area contributed by atoms with Crippen molar-refractivity contribution in [3.05, 3.63) is 53.6 Å². The van der Waals surface area contributed by atoms with Gasteiger partial charge in [0.2, 0.25) is 0 Å². The summed E-state index contributed by atoms with van der Waals surface area (Å²) in [4.78, 5) is 0.981. The number of benzene rings is 2. The Bertz CT molecular complexity index is 590. The average molecular weight is 281 g/mol. The quantitative estimate of drug-likeness (QED) is 0.930. The van der Waals surface area contributed by atoms with Crippen LogP contribution in [0.4, 0.5) is 8.78 Å². The van der Waals surface area contributed by atoms with E-state index < -0.39 is 11.6 Å². The molecule has 0 unspecified atom stereocenters. The fraction of sp³-hybridized carbons (Fsp3) is 0.143. The molecule has 2 nitrogen and oxygen atoms in total. The van der Waals surface area contributed by atoms with Crippen LogP contribution in [-0.2, 0) is 6.54 Å². The molecule has 0 aromatic heterocycles. The molecule has 0 aliphatic carbocycles. The third-order valence-electron chi connectivity index (χ3n) is 2.61. The van der Waals surface area contributed by atoms with Crippen molar-refractivity contribution in [3.8, 4) is 5.75 Å². The van der Waals surface area contributed by atoms with Crippen molar-refractivity contribution in [2.75, 3.05) is 7.11 Å². The highest BCUT2D eigenvalue weighted by Gasteiger charge is 2.10. The SMILES string of the molecule is COc1ccc(CN)c(Sc2cc(F)ccc2F)c1. The van der Waals surface area contributed by atoms with Crippen LogP contribution in [0.5, 0.6) is 5.75 Å². The van der Waals surface area contributed by atoms with Crippen LogP contribution in [-0.4, -0.2) is 7.11 Å². The molecule has 0 bridgehead atoms. The van der Waals surface area contributed by atoms with E-state index in [4.69, 9.17) is 10.5 Å². The van der Waals surface area contributed by atoms with Gasteiger partial charge in [0.15, 0.2) is 0 Å². The predicted octanol–water partition coefficient (Wildman–Crippen LogP) is 3.58. The first kappa shape index (κ1) is 13.8. The fourth-order valence-corrected chi connectivity index (χ4v) is 2.63. The van der Waals surface area contributed by atoms with E-state index in [0.29, 0.717) is 12.3 Å². The van der Waals surface area contributed by atoms with Crippen LogP contribution in [0.3, 0.4) is 0 Å². The second-order valence-electron chi connectivity index (χ2n) is 3.85. The molecule has 0 spiro atoms. The first-order valence-electron chi connectivity index (χ1n) is 5.64. The van der Waals surface area contributed by atoms with Gasteiger partial charge in [0.05, 0.1) is 12.0 Å². The molecule has 2 N–H and O–H groups in total. The van der Waals surface area contributed by atoms with E-state index in [2.05, 4.69) is 0 Å². The molecule has 0 aliphatic heterocycles. The molecule has 2 aromatic rings. The lowest BCUT2D eigenvalue weighted by Gasteiger charge is -2.10. The van der Waals surface area contributed by atoms with Gasteiger partial charge in [0, 0.05) is 11.4 Å². The smallest absolute Gasteiger partial charge is 0.137 e. The van der Waals surface area contributed by atoms with E-state index in [1.165, 1.54) is 6.07 Å². The number of halogens is 2. The van der Waals surface area contributed by atoms with Gasteiger partial charge in [-0.15, -0.1) is 0 Å². The summed E-state index contributed by atoms with van der Waals surface area (Å²) in [7, 11) is 1.55. The first-order valence-corrected chi connectivity index (χ1v) is 6.45. The van der Waals surface area contributed by atoms with Gasteiger partial charge in [-0.3, -0.25) is 0 Å². The number of hydrogen-bond acceptors (Lipinski definition) is 3. The van der Waals surface area contributed by atoms with Crippen molar-refractivity contribution in [2.45, 2.75) is 16.3 Å². The Kier molecular flexibility index (Phi) is 4.39. The molecule has 0 fully saturated rings. The molecule has 5 heteroatoms. The highest BCUT2D eigenvalue weighted by atomic mass is 32.2. The second-order valence-corrected chi connectivity index (χ2v) is 4.94. The molecule has 0 saturated carbocycles. The van der Waals surface area contributed by atoms with Crippen molar-refractivity contribution in [1.29, 1.82) is 0 Å². The Hall–Kier alpha value is -1.59. The minimum absolute atomic E-state index is 0.225. The zero-order valence-corrected chi connectivity index (χ0v) is 11.1. The van der Waals surface area contributed by atoms with Crippen LogP contribution < -0.4 is 10.5 Å². The number of rotatable bonds is 4. The minimum Gasteiger partial charge on any atom is -0.497 e. The zero-order chi connectivity index (χ0) is 13.8. The third-order valence-corrected chi connectivity index (χ3v) is 3.74. The van der Waals surface area contributed by atoms with Crippen LogP contribution in [0.15, 0.2) is 46.2 Å². The Morgan fingerprint density at radius 3 is 2.58 bits per heavy atom. The van der Waals surface area contributed by atoms with Crippen molar-refractivity contribution in [2.24, 2.45) is 5.73 Å². The van der Waals surface area contributed by atoms with Crippen LogP contribution in [0.25, 0.3) is 0 Å². The average Bonchev–Trinajstić information content (AvgIpc) is 2.42. The monoisotopic (exact) mass is 281 g/mol. The van der Waals surface area contributed by atoms with Gasteiger partial charge in [0.1, 0.15) is 17.4 Å². The maximum atomic E-state index is 13.6. The molecule has 0 atom stereocenters. The molecular formula is C14H13F2NOS. The van der Waals surface area contributed by atoms with Gasteiger partial charge in [0.25, 0.3) is 0 Å². The van der Waals surface area contributed by atoms with Gasteiger partial charge in [-0.2, -0.15) is 0 Å². The molecule has 0 heterocycles. The molecular weight excluding hydrogens is 268 g/mol. The summed E-state index contributed by atoms with van der Waals surface area (Å²) in [6.07, 6.45) is 0. The summed E-state index contributed by atoms with van der Waals surface area (Å²) >= 11 is 1.13. The summed E-state index contributed by atoms with van der Waals surface area (Å²) in [6, 6.07) is 8.73. The number of hydrogen-bond donors (Lipinski definition) is 1. The molecule has 2 aromatic carbocycles.